The third-order valence-electron chi connectivity index (χ3n) is 3.90. The average molecular weight is 293 g/mol. The van der Waals surface area contributed by atoms with Crippen molar-refractivity contribution < 1.29 is 0 Å². The Balaban J connectivity index is 0.00000147. The molecule has 0 saturated heterocycles. The Labute approximate surface area is 126 Å². The molecule has 0 radical (unpaired) electrons. The molecule has 0 spiro atoms. The first-order chi connectivity index (χ1) is 9.25. The summed E-state index contributed by atoms with van der Waals surface area (Å²) < 4.78 is 1.92. The van der Waals surface area contributed by atoms with Crippen LogP contribution in [-0.2, 0) is 26.6 Å². The topological polar surface area (TPSA) is 41.9 Å². The molecule has 5 heteroatoms. The lowest BCUT2D eigenvalue weighted by molar-refractivity contribution is 0.685. The smallest absolute Gasteiger partial charge is 0.0537 e. The molecule has 2 heterocycles. The monoisotopic (exact) mass is 292 g/mol. The second-order valence-electron chi connectivity index (χ2n) is 5.11. The summed E-state index contributed by atoms with van der Waals surface area (Å²) in [4.78, 5) is 0. The van der Waals surface area contributed by atoms with Gasteiger partial charge in [0, 0.05) is 43.6 Å². The summed E-state index contributed by atoms with van der Waals surface area (Å²) >= 11 is 0. The third-order valence-corrected chi connectivity index (χ3v) is 3.90. The van der Waals surface area contributed by atoms with Crippen LogP contribution in [0.15, 0.2) is 24.4 Å². The standard InChI is InChI=1S/C15H20N4.ClH/c1-11-14(10-18-19(11)2)9-16-8-13-5-3-4-12-6-7-17-15(12)13;/h3-5,10,16-17H,6-9H2,1-2H3;1H. The average Bonchev–Trinajstić information content (AvgIpc) is 3.00. The predicted octanol–water partition coefficient (Wildman–Crippen LogP) is 2.41. The van der Waals surface area contributed by atoms with E-state index in [0.717, 1.165) is 26.1 Å². The van der Waals surface area contributed by atoms with Crippen LogP contribution in [0, 0.1) is 6.92 Å². The fourth-order valence-corrected chi connectivity index (χ4v) is 2.61. The van der Waals surface area contributed by atoms with Gasteiger partial charge in [-0.3, -0.25) is 4.68 Å². The highest BCUT2D eigenvalue weighted by atomic mass is 35.5. The van der Waals surface area contributed by atoms with Gasteiger partial charge in [0.1, 0.15) is 0 Å². The lowest BCUT2D eigenvalue weighted by atomic mass is 10.1. The van der Waals surface area contributed by atoms with Gasteiger partial charge in [0.15, 0.2) is 0 Å². The van der Waals surface area contributed by atoms with Gasteiger partial charge in [0.05, 0.1) is 6.20 Å². The molecule has 2 N–H and O–H groups in total. The molecule has 0 fully saturated rings. The molecule has 1 aliphatic heterocycles. The molecular weight excluding hydrogens is 272 g/mol. The van der Waals surface area contributed by atoms with Gasteiger partial charge in [-0.1, -0.05) is 18.2 Å². The first-order valence-corrected chi connectivity index (χ1v) is 6.78. The molecule has 0 bridgehead atoms. The number of anilines is 1. The lowest BCUT2D eigenvalue weighted by Crippen LogP contribution is -2.14. The quantitative estimate of drug-likeness (QED) is 0.909. The van der Waals surface area contributed by atoms with E-state index in [-0.39, 0.29) is 12.4 Å². The number of rotatable bonds is 4. The van der Waals surface area contributed by atoms with Crippen LogP contribution in [0.5, 0.6) is 0 Å². The van der Waals surface area contributed by atoms with Gasteiger partial charge in [0.2, 0.25) is 0 Å². The van der Waals surface area contributed by atoms with E-state index in [1.807, 2.05) is 17.9 Å². The minimum atomic E-state index is 0. The van der Waals surface area contributed by atoms with Gasteiger partial charge in [0.25, 0.3) is 0 Å². The van der Waals surface area contributed by atoms with Gasteiger partial charge in [-0.05, 0) is 24.5 Å². The Morgan fingerprint density at radius 2 is 2.10 bits per heavy atom. The lowest BCUT2D eigenvalue weighted by Gasteiger charge is -2.10. The maximum absolute atomic E-state index is 4.26. The summed E-state index contributed by atoms with van der Waals surface area (Å²) in [6.07, 6.45) is 3.08. The predicted molar refractivity (Wildman–Crippen MR) is 84.4 cm³/mol. The van der Waals surface area contributed by atoms with Crippen molar-refractivity contribution >= 4 is 18.1 Å². The summed E-state index contributed by atoms with van der Waals surface area (Å²) in [7, 11) is 1.98. The van der Waals surface area contributed by atoms with E-state index >= 15 is 0 Å². The Morgan fingerprint density at radius 1 is 1.30 bits per heavy atom. The van der Waals surface area contributed by atoms with Crippen molar-refractivity contribution in [3.05, 3.63) is 46.8 Å². The molecule has 3 rings (SSSR count). The van der Waals surface area contributed by atoms with Crippen molar-refractivity contribution in [1.82, 2.24) is 15.1 Å². The highest BCUT2D eigenvalue weighted by molar-refractivity contribution is 5.85. The van der Waals surface area contributed by atoms with Crippen LogP contribution < -0.4 is 10.6 Å². The van der Waals surface area contributed by atoms with Crippen LogP contribution in [-0.4, -0.2) is 16.3 Å². The largest absolute Gasteiger partial charge is 0.384 e. The molecule has 108 valence electrons. The van der Waals surface area contributed by atoms with Crippen LogP contribution in [0.1, 0.15) is 22.4 Å². The first kappa shape index (κ1) is 14.9. The Morgan fingerprint density at radius 3 is 2.85 bits per heavy atom. The molecular formula is C15H21ClN4. The Hall–Kier alpha value is -1.52. The fraction of sp³-hybridized carbons (Fsp3) is 0.400. The summed E-state index contributed by atoms with van der Waals surface area (Å²) in [5.41, 5.74) is 6.62. The van der Waals surface area contributed by atoms with Crippen molar-refractivity contribution in [1.29, 1.82) is 0 Å². The molecule has 1 aromatic heterocycles. The number of hydrogen-bond donors (Lipinski definition) is 2. The number of aryl methyl sites for hydroxylation is 1. The number of benzene rings is 1. The number of hydrogen-bond acceptors (Lipinski definition) is 3. The summed E-state index contributed by atoms with van der Waals surface area (Å²) in [5, 5.41) is 11.2. The third kappa shape index (κ3) is 2.81. The molecule has 0 atom stereocenters. The van der Waals surface area contributed by atoms with Crippen molar-refractivity contribution in [2.75, 3.05) is 11.9 Å². The molecule has 4 nitrogen and oxygen atoms in total. The SMILES string of the molecule is Cc1c(CNCc2cccc3c2NCC3)cnn1C.Cl. The van der Waals surface area contributed by atoms with Crippen molar-refractivity contribution in [3.63, 3.8) is 0 Å². The van der Waals surface area contributed by atoms with Crippen LogP contribution in [0.2, 0.25) is 0 Å². The van der Waals surface area contributed by atoms with Gasteiger partial charge in [-0.15, -0.1) is 12.4 Å². The molecule has 1 aromatic carbocycles. The molecule has 20 heavy (non-hydrogen) atoms. The van der Waals surface area contributed by atoms with E-state index < -0.39 is 0 Å². The van der Waals surface area contributed by atoms with Gasteiger partial charge < -0.3 is 10.6 Å². The minimum absolute atomic E-state index is 0. The number of halogens is 1. The second kappa shape index (κ2) is 6.29. The van der Waals surface area contributed by atoms with Gasteiger partial charge in [-0.2, -0.15) is 5.10 Å². The minimum Gasteiger partial charge on any atom is -0.384 e. The first-order valence-electron chi connectivity index (χ1n) is 6.78. The fourth-order valence-electron chi connectivity index (χ4n) is 2.61. The number of nitrogens with zero attached hydrogens (tertiary/aromatic N) is 2. The van der Waals surface area contributed by atoms with E-state index in [4.69, 9.17) is 0 Å². The van der Waals surface area contributed by atoms with Crippen molar-refractivity contribution in [2.45, 2.75) is 26.4 Å². The summed E-state index contributed by atoms with van der Waals surface area (Å²) in [6, 6.07) is 6.56. The number of fused-ring (bicyclic) bond motifs is 1. The molecule has 0 unspecified atom stereocenters. The zero-order valence-corrected chi connectivity index (χ0v) is 12.8. The van der Waals surface area contributed by atoms with Crippen LogP contribution in [0.3, 0.4) is 0 Å². The van der Waals surface area contributed by atoms with Gasteiger partial charge in [-0.25, -0.2) is 0 Å². The molecule has 1 aliphatic rings. The van der Waals surface area contributed by atoms with Crippen molar-refractivity contribution in [3.8, 4) is 0 Å². The molecule has 0 amide bonds. The number of para-hydroxylation sites is 1. The second-order valence-corrected chi connectivity index (χ2v) is 5.11. The normalized spacial score (nSPS) is 12.7. The molecule has 0 saturated carbocycles. The summed E-state index contributed by atoms with van der Waals surface area (Å²) in [5.74, 6) is 0. The number of aromatic nitrogens is 2. The van der Waals surface area contributed by atoms with Crippen LogP contribution in [0.25, 0.3) is 0 Å². The van der Waals surface area contributed by atoms with Crippen LogP contribution in [0.4, 0.5) is 5.69 Å². The van der Waals surface area contributed by atoms with E-state index in [0.29, 0.717) is 0 Å². The van der Waals surface area contributed by atoms with Crippen molar-refractivity contribution in [2.24, 2.45) is 7.05 Å². The van der Waals surface area contributed by atoms with Crippen LogP contribution >= 0.6 is 12.4 Å². The Bertz CT molecular complexity index is 592. The highest BCUT2D eigenvalue weighted by Crippen LogP contribution is 2.26. The van der Waals surface area contributed by atoms with E-state index in [1.165, 1.54) is 28.1 Å². The zero-order valence-electron chi connectivity index (χ0n) is 11.9. The molecule has 0 aliphatic carbocycles. The summed E-state index contributed by atoms with van der Waals surface area (Å²) in [6.45, 7) is 4.92. The highest BCUT2D eigenvalue weighted by Gasteiger charge is 2.13. The maximum Gasteiger partial charge on any atom is 0.0537 e. The van der Waals surface area contributed by atoms with Gasteiger partial charge >= 0.3 is 0 Å². The van der Waals surface area contributed by atoms with E-state index in [9.17, 15) is 0 Å². The zero-order chi connectivity index (χ0) is 13.2. The Kier molecular flexibility index (Phi) is 4.68. The maximum atomic E-state index is 4.26. The van der Waals surface area contributed by atoms with E-state index in [1.54, 1.807) is 0 Å². The number of nitrogens with one attached hydrogen (secondary N) is 2. The van der Waals surface area contributed by atoms with E-state index in [2.05, 4.69) is 40.9 Å². The molecule has 2 aromatic rings.